The Hall–Kier alpha value is -1.94. The molecule has 0 bridgehead atoms. The number of thiocarbonyl (C=S) groups is 1. The standard InChI is InChI=1S/C7H16N2O.C7H14N2O.C7H15NO.C7H15NS.4CH4/c2*1-5(2)7(10)9-8-6(3)4;2*1-5(2)7(9)8-6(3)4;;;;/h5-6,8H,1-4H3,(H,9,10);5-6H,1-4H3;2*5-6H,1-4H3,(H,8,9);4*1H4. The summed E-state index contributed by atoms with van der Waals surface area (Å²) in [5.74, 6) is 0.607. The average Bonchev–Trinajstić information content (AvgIpc) is 2.75. The van der Waals surface area contributed by atoms with Gasteiger partial charge in [-0.25, -0.2) is 5.43 Å². The fourth-order valence-corrected chi connectivity index (χ4v) is 1.79. The summed E-state index contributed by atoms with van der Waals surface area (Å²) in [4.78, 5) is 33.5. The first kappa shape index (κ1) is 59.5. The van der Waals surface area contributed by atoms with Gasteiger partial charge in [0.1, 0.15) is 0 Å². The molecule has 0 fully saturated rings. The van der Waals surface area contributed by atoms with Crippen LogP contribution in [-0.4, -0.2) is 46.9 Å². The minimum absolute atomic E-state index is 0. The van der Waals surface area contributed by atoms with E-state index in [1.54, 1.807) is 0 Å². The zero-order chi connectivity index (χ0) is 31.2. The third-order valence-electron chi connectivity index (χ3n) is 3.80. The van der Waals surface area contributed by atoms with E-state index in [-0.39, 0.29) is 77.3 Å². The van der Waals surface area contributed by atoms with Crippen LogP contribution in [0.15, 0.2) is 10.2 Å². The second kappa shape index (κ2) is 35.3. The van der Waals surface area contributed by atoms with Crippen LogP contribution in [0.1, 0.15) is 140 Å². The Morgan fingerprint density at radius 1 is 0.524 bits per heavy atom. The van der Waals surface area contributed by atoms with Gasteiger partial charge in [-0.05, 0) is 55.4 Å². The smallest absolute Gasteiger partial charge is 0.266 e. The quantitative estimate of drug-likeness (QED) is 0.116. The van der Waals surface area contributed by atoms with Crippen LogP contribution in [-0.2, 0) is 14.4 Å². The highest BCUT2D eigenvalue weighted by atomic mass is 32.1. The second-order valence-electron chi connectivity index (χ2n) is 11.4. The number of hydrogen-bond donors (Lipinski definition) is 4. The molecule has 4 N–H and O–H groups in total. The van der Waals surface area contributed by atoms with E-state index < -0.39 is 0 Å². The fraction of sp³-hybridized carbons (Fsp3) is 0.875. The van der Waals surface area contributed by atoms with E-state index in [4.69, 9.17) is 12.2 Å². The molecule has 0 unspecified atom stereocenters. The van der Waals surface area contributed by atoms with Gasteiger partial charge in [-0.2, -0.15) is 5.11 Å². The van der Waals surface area contributed by atoms with Crippen LogP contribution in [0.2, 0.25) is 0 Å². The molecule has 9 nitrogen and oxygen atoms in total. The summed E-state index contributed by atoms with van der Waals surface area (Å²) in [5.41, 5.74) is 5.42. The summed E-state index contributed by atoms with van der Waals surface area (Å²) >= 11 is 5.04. The monoisotopic (exact) mass is 625 g/mol. The number of nitrogens with one attached hydrogen (secondary N) is 4. The average molecular weight is 625 g/mol. The number of carbonyl (C=O) groups excluding carboxylic acids is 3. The molecule has 0 atom stereocenters. The van der Waals surface area contributed by atoms with Crippen molar-refractivity contribution in [2.75, 3.05) is 0 Å². The molecule has 0 saturated heterocycles. The Labute approximate surface area is 269 Å². The van der Waals surface area contributed by atoms with Gasteiger partial charge >= 0.3 is 0 Å². The number of hydrogen-bond acceptors (Lipinski definition) is 6. The molecule has 3 amide bonds. The molecule has 0 radical (unpaired) electrons. The molecule has 0 rings (SSSR count). The summed E-state index contributed by atoms with van der Waals surface area (Å²) in [7, 11) is 0. The van der Waals surface area contributed by atoms with Crippen LogP contribution in [0.4, 0.5) is 0 Å². The summed E-state index contributed by atoms with van der Waals surface area (Å²) in [5, 5.41) is 13.2. The van der Waals surface area contributed by atoms with E-state index in [1.807, 2.05) is 83.1 Å². The fourth-order valence-electron chi connectivity index (χ4n) is 1.55. The van der Waals surface area contributed by atoms with Crippen molar-refractivity contribution in [3.8, 4) is 0 Å². The van der Waals surface area contributed by atoms with Crippen LogP contribution in [0.5, 0.6) is 0 Å². The Morgan fingerprint density at radius 2 is 0.905 bits per heavy atom. The third-order valence-corrected chi connectivity index (χ3v) is 4.39. The summed E-state index contributed by atoms with van der Waals surface area (Å²) in [6.45, 7) is 31.1. The van der Waals surface area contributed by atoms with E-state index >= 15 is 0 Å². The highest BCUT2D eigenvalue weighted by Crippen LogP contribution is 1.97. The molecular formula is C32H76N6O3S. The maximum atomic E-state index is 10.9. The van der Waals surface area contributed by atoms with Gasteiger partial charge in [-0.15, -0.1) is 5.11 Å². The molecule has 258 valence electrons. The van der Waals surface area contributed by atoms with Crippen molar-refractivity contribution in [2.24, 2.45) is 33.9 Å². The summed E-state index contributed by atoms with van der Waals surface area (Å²) in [6.07, 6.45) is 0. The van der Waals surface area contributed by atoms with Crippen molar-refractivity contribution in [3.05, 3.63) is 0 Å². The molecule has 0 aliphatic heterocycles. The molecule has 0 aromatic heterocycles. The maximum Gasteiger partial charge on any atom is 0.266 e. The van der Waals surface area contributed by atoms with Gasteiger partial charge in [0, 0.05) is 41.8 Å². The van der Waals surface area contributed by atoms with Gasteiger partial charge in [0.05, 0.1) is 11.0 Å². The summed E-state index contributed by atoms with van der Waals surface area (Å²) in [6, 6.07) is 1.14. The van der Waals surface area contributed by atoms with E-state index in [1.165, 1.54) is 0 Å². The van der Waals surface area contributed by atoms with E-state index in [2.05, 4.69) is 59.4 Å². The topological polar surface area (TPSA) is 124 Å². The van der Waals surface area contributed by atoms with Crippen LogP contribution in [0, 0.1) is 23.7 Å². The van der Waals surface area contributed by atoms with Crippen LogP contribution in [0.25, 0.3) is 0 Å². The number of nitrogens with zero attached hydrogens (tertiary/aromatic N) is 2. The summed E-state index contributed by atoms with van der Waals surface area (Å²) < 4.78 is 0. The van der Waals surface area contributed by atoms with E-state index in [0.717, 1.165) is 4.99 Å². The first-order valence-electron chi connectivity index (χ1n) is 13.8. The Balaban J connectivity index is -0.0000000593. The van der Waals surface area contributed by atoms with Crippen LogP contribution in [0.3, 0.4) is 0 Å². The van der Waals surface area contributed by atoms with Crippen LogP contribution >= 0.6 is 12.2 Å². The zero-order valence-electron chi connectivity index (χ0n) is 27.1. The number of amides is 3. The highest BCUT2D eigenvalue weighted by Gasteiger charge is 2.07. The lowest BCUT2D eigenvalue weighted by atomic mass is 10.2. The molecular weight excluding hydrogens is 548 g/mol. The van der Waals surface area contributed by atoms with Crippen molar-refractivity contribution < 1.29 is 14.4 Å². The Kier molecular flexibility index (Phi) is 49.9. The number of rotatable bonds is 9. The van der Waals surface area contributed by atoms with Gasteiger partial charge in [0.15, 0.2) is 0 Å². The molecule has 0 heterocycles. The second-order valence-corrected chi connectivity index (χ2v) is 11.8. The van der Waals surface area contributed by atoms with Crippen molar-refractivity contribution in [1.82, 2.24) is 21.5 Å². The Bertz CT molecular complexity index is 649. The van der Waals surface area contributed by atoms with Gasteiger partial charge < -0.3 is 10.6 Å². The van der Waals surface area contributed by atoms with Crippen molar-refractivity contribution >= 4 is 34.9 Å². The first-order valence-corrected chi connectivity index (χ1v) is 14.2. The molecule has 0 aromatic rings. The van der Waals surface area contributed by atoms with Gasteiger partial charge in [0.2, 0.25) is 11.8 Å². The normalized spacial score (nSPS) is 9.81. The number of carbonyl (C=O) groups is 3. The SMILES string of the molecule is C.C.C.C.CC(C)N=NC(=O)C(C)C.CC(C)NC(=O)C(C)C.CC(C)NC(=S)C(C)C.CC(C)NNC(=O)C(C)C. The molecule has 0 aromatic carbocycles. The van der Waals surface area contributed by atoms with E-state index in [0.29, 0.717) is 18.0 Å². The van der Waals surface area contributed by atoms with Gasteiger partial charge in [-0.1, -0.05) is 97.3 Å². The minimum atomic E-state index is -0.145. The maximum absolute atomic E-state index is 10.9. The van der Waals surface area contributed by atoms with Gasteiger partial charge in [0.25, 0.3) is 5.91 Å². The lowest BCUT2D eigenvalue weighted by molar-refractivity contribution is -0.125. The van der Waals surface area contributed by atoms with Crippen molar-refractivity contribution in [1.29, 1.82) is 0 Å². The zero-order valence-corrected chi connectivity index (χ0v) is 28.0. The molecule has 0 spiro atoms. The first-order chi connectivity index (χ1) is 17.1. The van der Waals surface area contributed by atoms with Crippen molar-refractivity contribution in [2.45, 2.75) is 165 Å². The lowest BCUT2D eigenvalue weighted by Gasteiger charge is -2.13. The number of azo groups is 1. The molecule has 10 heteroatoms. The third kappa shape index (κ3) is 50.9. The van der Waals surface area contributed by atoms with Crippen LogP contribution < -0.4 is 21.5 Å². The number of hydrazine groups is 1. The largest absolute Gasteiger partial charge is 0.377 e. The molecule has 0 aliphatic carbocycles. The molecule has 0 aliphatic rings. The van der Waals surface area contributed by atoms with Crippen molar-refractivity contribution in [3.63, 3.8) is 0 Å². The minimum Gasteiger partial charge on any atom is -0.377 e. The predicted octanol–water partition coefficient (Wildman–Crippen LogP) is 8.38. The molecule has 0 saturated carbocycles. The Morgan fingerprint density at radius 3 is 1.10 bits per heavy atom. The molecule has 42 heavy (non-hydrogen) atoms. The lowest BCUT2D eigenvalue weighted by Crippen LogP contribution is -2.43. The van der Waals surface area contributed by atoms with E-state index in [9.17, 15) is 14.4 Å². The van der Waals surface area contributed by atoms with Gasteiger partial charge in [-0.3, -0.25) is 19.8 Å². The highest BCUT2D eigenvalue weighted by molar-refractivity contribution is 7.80. The predicted molar refractivity (Wildman–Crippen MR) is 192 cm³/mol.